The standard InChI is InChI=1S/C65H80N2O11/c1-3-57(68)62(75-45-52-31-19-11-20-32-52)56(67-61(69)35-23-6-4-5-7-24-40-66-64(70)54-36-38-55(71-2)39-37-54)47-77-65-59(74-44-51-29-17-10-18-30-51)41-58(73-43-50-27-15-9-16-28-50)63(76-46-53-33-21-12-22-34-53)60(78-65)48-72-42-49-25-13-8-14-26-49/h8-22,25-34,36-39,56-60,62-63,65,68H,3-7,23-24,35,40-48H2,1-2H3,(H,66,70)(H,67,69)/t56-,57+,58?,59?,60?,62-,63+,65-/m0/s1. The fourth-order valence-electron chi connectivity index (χ4n) is 9.40. The van der Waals surface area contributed by atoms with Crippen LogP contribution in [-0.4, -0.2) is 92.7 Å². The van der Waals surface area contributed by atoms with Crippen molar-refractivity contribution < 1.29 is 52.6 Å². The summed E-state index contributed by atoms with van der Waals surface area (Å²) in [6.07, 6.45) is 0.956. The van der Waals surface area contributed by atoms with Gasteiger partial charge in [0.15, 0.2) is 6.29 Å². The Bertz CT molecular complexity index is 2540. The molecule has 1 heterocycles. The quantitative estimate of drug-likeness (QED) is 0.0331. The predicted octanol–water partition coefficient (Wildman–Crippen LogP) is 11.1. The van der Waals surface area contributed by atoms with Gasteiger partial charge >= 0.3 is 0 Å². The molecule has 8 atom stereocenters. The van der Waals surface area contributed by atoms with Crippen LogP contribution in [0.3, 0.4) is 0 Å². The molecule has 1 aliphatic heterocycles. The molecule has 3 unspecified atom stereocenters. The first kappa shape index (κ1) is 59.4. The average Bonchev–Trinajstić information content (AvgIpc) is 3.68. The Labute approximate surface area is 461 Å². The van der Waals surface area contributed by atoms with Crippen molar-refractivity contribution in [3.63, 3.8) is 0 Å². The second-order valence-corrected chi connectivity index (χ2v) is 19.8. The van der Waals surface area contributed by atoms with Crippen molar-refractivity contribution in [2.75, 3.05) is 26.9 Å². The Balaban J connectivity index is 1.08. The van der Waals surface area contributed by atoms with Crippen LogP contribution in [0.1, 0.15) is 103 Å². The third kappa shape index (κ3) is 20.5. The van der Waals surface area contributed by atoms with Crippen LogP contribution in [-0.2, 0) is 71.0 Å². The lowest BCUT2D eigenvalue weighted by Crippen LogP contribution is -2.53. The zero-order valence-corrected chi connectivity index (χ0v) is 45.4. The maximum Gasteiger partial charge on any atom is 0.251 e. The molecule has 0 radical (unpaired) electrons. The Morgan fingerprint density at radius 2 is 1.09 bits per heavy atom. The van der Waals surface area contributed by atoms with Gasteiger partial charge in [0.2, 0.25) is 5.91 Å². The van der Waals surface area contributed by atoms with E-state index in [0.29, 0.717) is 56.9 Å². The van der Waals surface area contributed by atoms with Crippen LogP contribution in [0.2, 0.25) is 0 Å². The van der Waals surface area contributed by atoms with Gasteiger partial charge in [0.1, 0.15) is 30.2 Å². The van der Waals surface area contributed by atoms with Crippen molar-refractivity contribution in [3.05, 3.63) is 209 Å². The van der Waals surface area contributed by atoms with E-state index in [9.17, 15) is 14.7 Å². The number of hydrogen-bond donors (Lipinski definition) is 3. The topological polar surface area (TPSA) is 152 Å². The van der Waals surface area contributed by atoms with Crippen molar-refractivity contribution in [3.8, 4) is 5.75 Å². The van der Waals surface area contributed by atoms with Crippen molar-refractivity contribution in [2.45, 2.75) is 147 Å². The predicted molar refractivity (Wildman–Crippen MR) is 301 cm³/mol. The molecule has 1 saturated heterocycles. The van der Waals surface area contributed by atoms with E-state index in [1.54, 1.807) is 31.4 Å². The van der Waals surface area contributed by atoms with Crippen LogP contribution in [0.15, 0.2) is 176 Å². The number of aliphatic hydroxyl groups is 1. The number of carbonyl (C=O) groups excluding carboxylic acids is 2. The minimum Gasteiger partial charge on any atom is -0.497 e. The molecule has 0 bridgehead atoms. The summed E-state index contributed by atoms with van der Waals surface area (Å²) in [4.78, 5) is 26.6. The Morgan fingerprint density at radius 3 is 1.64 bits per heavy atom. The fourth-order valence-corrected chi connectivity index (χ4v) is 9.40. The van der Waals surface area contributed by atoms with Gasteiger partial charge in [-0.1, -0.05) is 184 Å². The molecule has 0 saturated carbocycles. The molecular formula is C65H80N2O11. The van der Waals surface area contributed by atoms with Gasteiger partial charge in [0.25, 0.3) is 5.91 Å². The number of hydrogen-bond acceptors (Lipinski definition) is 11. The van der Waals surface area contributed by atoms with E-state index in [0.717, 1.165) is 59.9 Å². The summed E-state index contributed by atoms with van der Waals surface area (Å²) in [5, 5.41) is 17.9. The molecule has 2 amide bonds. The van der Waals surface area contributed by atoms with E-state index in [1.807, 2.05) is 159 Å². The number of methoxy groups -OCH3 is 1. The third-order valence-corrected chi connectivity index (χ3v) is 13.8. The van der Waals surface area contributed by atoms with Gasteiger partial charge in [-0.05, 0) is 71.3 Å². The number of aliphatic hydroxyl groups excluding tert-OH is 1. The summed E-state index contributed by atoms with van der Waals surface area (Å²) in [7, 11) is 1.60. The van der Waals surface area contributed by atoms with Crippen molar-refractivity contribution in [2.24, 2.45) is 0 Å². The maximum absolute atomic E-state index is 14.1. The Morgan fingerprint density at radius 1 is 0.590 bits per heavy atom. The molecule has 1 fully saturated rings. The molecule has 416 valence electrons. The molecule has 13 nitrogen and oxygen atoms in total. The molecular weight excluding hydrogens is 985 g/mol. The van der Waals surface area contributed by atoms with E-state index >= 15 is 0 Å². The van der Waals surface area contributed by atoms with E-state index < -0.39 is 49.0 Å². The summed E-state index contributed by atoms with van der Waals surface area (Å²) in [6.45, 7) is 3.99. The van der Waals surface area contributed by atoms with Crippen LogP contribution in [0.25, 0.3) is 0 Å². The minimum atomic E-state index is -1.00. The number of carbonyl (C=O) groups is 2. The van der Waals surface area contributed by atoms with Gasteiger partial charge in [-0.15, -0.1) is 0 Å². The number of unbranched alkanes of at least 4 members (excludes halogenated alkanes) is 5. The first-order valence-corrected chi connectivity index (χ1v) is 27.8. The van der Waals surface area contributed by atoms with Crippen molar-refractivity contribution >= 4 is 11.8 Å². The largest absolute Gasteiger partial charge is 0.497 e. The van der Waals surface area contributed by atoms with E-state index in [1.165, 1.54) is 0 Å². The molecule has 78 heavy (non-hydrogen) atoms. The number of amides is 2. The first-order chi connectivity index (χ1) is 38.3. The second kappa shape index (κ2) is 33.9. The number of benzene rings is 6. The van der Waals surface area contributed by atoms with Gasteiger partial charge < -0.3 is 53.6 Å². The lowest BCUT2D eigenvalue weighted by molar-refractivity contribution is -0.247. The van der Waals surface area contributed by atoms with Gasteiger partial charge in [-0.2, -0.15) is 0 Å². The lowest BCUT2D eigenvalue weighted by atomic mass is 10.0. The van der Waals surface area contributed by atoms with Crippen molar-refractivity contribution in [1.82, 2.24) is 10.6 Å². The minimum absolute atomic E-state index is 0.0736. The van der Waals surface area contributed by atoms with Crippen molar-refractivity contribution in [1.29, 1.82) is 0 Å². The molecule has 13 heteroatoms. The highest BCUT2D eigenvalue weighted by Gasteiger charge is 2.44. The average molecular weight is 1070 g/mol. The highest BCUT2D eigenvalue weighted by Crippen LogP contribution is 2.31. The molecule has 0 aromatic heterocycles. The Hall–Kier alpha value is -6.26. The van der Waals surface area contributed by atoms with Crippen LogP contribution in [0, 0.1) is 0 Å². The first-order valence-electron chi connectivity index (χ1n) is 27.8. The summed E-state index contributed by atoms with van der Waals surface area (Å²) in [5.41, 5.74) is 5.52. The maximum atomic E-state index is 14.1. The van der Waals surface area contributed by atoms with Crippen LogP contribution >= 0.6 is 0 Å². The molecule has 7 rings (SSSR count). The van der Waals surface area contributed by atoms with E-state index in [-0.39, 0.29) is 44.7 Å². The SMILES string of the molecule is CC[C@@H](O)[C@@H](OCc1ccccc1)[C@H](CO[C@H]1OC(COCc2ccccc2)[C@H](OCc2ccccc2)C(OCc2ccccc2)CC1OCc1ccccc1)NC(=O)CCCCCCCCNC(=O)c1ccc(OC)cc1. The van der Waals surface area contributed by atoms with Crippen LogP contribution in [0.4, 0.5) is 0 Å². The number of rotatable bonds is 34. The summed E-state index contributed by atoms with van der Waals surface area (Å²) >= 11 is 0. The summed E-state index contributed by atoms with van der Waals surface area (Å²) in [5.74, 6) is 0.434. The summed E-state index contributed by atoms with van der Waals surface area (Å²) in [6, 6.07) is 56.1. The molecule has 3 N–H and O–H groups in total. The van der Waals surface area contributed by atoms with Gasteiger partial charge in [0.05, 0.1) is 71.6 Å². The van der Waals surface area contributed by atoms with Crippen LogP contribution < -0.4 is 15.4 Å². The van der Waals surface area contributed by atoms with Crippen LogP contribution in [0.5, 0.6) is 5.75 Å². The molecule has 1 aliphatic rings. The highest BCUT2D eigenvalue weighted by molar-refractivity contribution is 5.94. The van der Waals surface area contributed by atoms with E-state index in [2.05, 4.69) is 10.6 Å². The molecule has 6 aromatic rings. The zero-order valence-electron chi connectivity index (χ0n) is 45.4. The molecule has 6 aromatic carbocycles. The monoisotopic (exact) mass is 1060 g/mol. The smallest absolute Gasteiger partial charge is 0.251 e. The number of ether oxygens (including phenoxy) is 8. The second-order valence-electron chi connectivity index (χ2n) is 19.8. The lowest BCUT2D eigenvalue weighted by Gasteiger charge is -2.34. The summed E-state index contributed by atoms with van der Waals surface area (Å²) < 4.78 is 53.0. The molecule has 0 aliphatic carbocycles. The van der Waals surface area contributed by atoms with Gasteiger partial charge in [-0.25, -0.2) is 0 Å². The van der Waals surface area contributed by atoms with E-state index in [4.69, 9.17) is 37.9 Å². The van der Waals surface area contributed by atoms with Gasteiger partial charge in [0, 0.05) is 24.9 Å². The third-order valence-electron chi connectivity index (χ3n) is 13.8. The Kier molecular flexibility index (Phi) is 25.8. The van der Waals surface area contributed by atoms with Gasteiger partial charge in [-0.3, -0.25) is 9.59 Å². The zero-order chi connectivity index (χ0) is 54.4. The number of nitrogens with one attached hydrogen (secondary N) is 2. The fraction of sp³-hybridized carbons (Fsp3) is 0.415. The molecule has 0 spiro atoms. The highest BCUT2D eigenvalue weighted by atomic mass is 16.7. The normalized spacial score (nSPS) is 18.5.